The number of rotatable bonds is 4. The van der Waals surface area contributed by atoms with Crippen molar-refractivity contribution in [1.82, 2.24) is 15.5 Å². The Labute approximate surface area is 161 Å². The number of hydrogen-bond donors (Lipinski definition) is 2. The van der Waals surface area contributed by atoms with Gasteiger partial charge in [0.2, 0.25) is 5.91 Å². The van der Waals surface area contributed by atoms with Crippen molar-refractivity contribution in [2.24, 2.45) is 10.4 Å². The highest BCUT2D eigenvalue weighted by molar-refractivity contribution is 7.89. The molecule has 148 valence electrons. The average Bonchev–Trinajstić information content (AvgIpc) is 2.95. The molecular formula is C19H28N4O3S. The van der Waals surface area contributed by atoms with E-state index in [0.29, 0.717) is 13.0 Å². The van der Waals surface area contributed by atoms with Crippen molar-refractivity contribution in [2.45, 2.75) is 31.6 Å². The fourth-order valence-corrected chi connectivity index (χ4v) is 4.80. The summed E-state index contributed by atoms with van der Waals surface area (Å²) in [6, 6.07) is 7.59. The Balaban J connectivity index is 1.58. The minimum Gasteiger partial charge on any atom is -0.355 e. The van der Waals surface area contributed by atoms with Crippen LogP contribution < -0.4 is 10.6 Å². The molecule has 0 bridgehead atoms. The fraction of sp³-hybridized carbons (Fsp3) is 0.579. The summed E-state index contributed by atoms with van der Waals surface area (Å²) in [6.07, 6.45) is 3.96. The zero-order chi connectivity index (χ0) is 19.5. The van der Waals surface area contributed by atoms with Crippen LogP contribution in [0, 0.1) is 5.41 Å². The monoisotopic (exact) mass is 392 g/mol. The molecule has 2 heterocycles. The van der Waals surface area contributed by atoms with Gasteiger partial charge in [0.1, 0.15) is 0 Å². The van der Waals surface area contributed by atoms with Crippen LogP contribution >= 0.6 is 0 Å². The van der Waals surface area contributed by atoms with Gasteiger partial charge >= 0.3 is 0 Å². The van der Waals surface area contributed by atoms with Crippen molar-refractivity contribution < 1.29 is 13.2 Å². The van der Waals surface area contributed by atoms with Gasteiger partial charge in [-0.15, -0.1) is 0 Å². The summed E-state index contributed by atoms with van der Waals surface area (Å²) in [5.41, 5.74) is 1.89. The Morgan fingerprint density at radius 1 is 1.30 bits per heavy atom. The van der Waals surface area contributed by atoms with E-state index < -0.39 is 9.84 Å². The van der Waals surface area contributed by atoms with Gasteiger partial charge < -0.3 is 15.5 Å². The molecule has 1 aromatic rings. The Kier molecular flexibility index (Phi) is 5.74. The molecule has 7 nitrogen and oxygen atoms in total. The lowest BCUT2D eigenvalue weighted by Crippen LogP contribution is -2.51. The molecule has 2 aliphatic rings. The van der Waals surface area contributed by atoms with Gasteiger partial charge in [-0.2, -0.15) is 0 Å². The molecule has 1 spiro atoms. The molecule has 1 unspecified atom stereocenters. The molecule has 0 aromatic heterocycles. The second-order valence-electron chi connectivity index (χ2n) is 7.77. The largest absolute Gasteiger partial charge is 0.355 e. The molecule has 0 aliphatic carbocycles. The van der Waals surface area contributed by atoms with Crippen molar-refractivity contribution >= 4 is 21.7 Å². The number of benzene rings is 1. The number of piperidine rings is 1. The molecule has 2 N–H and O–H groups in total. The van der Waals surface area contributed by atoms with Crippen molar-refractivity contribution in [2.75, 3.05) is 32.9 Å². The van der Waals surface area contributed by atoms with E-state index in [9.17, 15) is 13.2 Å². The molecule has 0 radical (unpaired) electrons. The summed E-state index contributed by atoms with van der Waals surface area (Å²) >= 11 is 0. The summed E-state index contributed by atoms with van der Waals surface area (Å²) in [6.45, 7) is 3.13. The van der Waals surface area contributed by atoms with E-state index in [1.54, 1.807) is 7.05 Å². The third-order valence-corrected chi connectivity index (χ3v) is 6.13. The Bertz CT molecular complexity index is 820. The summed E-state index contributed by atoms with van der Waals surface area (Å²) in [7, 11) is -1.25. The number of likely N-dealkylation sites (tertiary alicyclic amines) is 1. The number of nitrogens with zero attached hydrogens (tertiary/aromatic N) is 2. The van der Waals surface area contributed by atoms with Crippen molar-refractivity contribution in [1.29, 1.82) is 0 Å². The molecule has 1 aromatic carbocycles. The molecule has 1 atom stereocenters. The topological polar surface area (TPSA) is 90.9 Å². The standard InChI is InChI=1S/C19H28N4O3S/c1-20-18(23-9-3-8-19(14-23)10-17(24)22-13-19)21-11-15-4-6-16(7-5-15)12-27(2,25)26/h4-7H,3,8-14H2,1-2H3,(H,20,21)(H,22,24). The third kappa shape index (κ3) is 5.22. The SMILES string of the molecule is CN=C(NCc1ccc(CS(C)(=O)=O)cc1)N1CCCC2(CNC(=O)C2)C1. The van der Waals surface area contributed by atoms with Gasteiger partial charge in [0, 0.05) is 51.3 Å². The number of amides is 1. The first kappa shape index (κ1) is 19.7. The second kappa shape index (κ2) is 7.88. The third-order valence-electron chi connectivity index (χ3n) is 5.27. The van der Waals surface area contributed by atoms with Crippen LogP contribution in [0.2, 0.25) is 0 Å². The second-order valence-corrected chi connectivity index (χ2v) is 9.91. The maximum absolute atomic E-state index is 11.7. The van der Waals surface area contributed by atoms with E-state index in [1.165, 1.54) is 6.26 Å². The van der Waals surface area contributed by atoms with E-state index in [2.05, 4.69) is 20.5 Å². The smallest absolute Gasteiger partial charge is 0.220 e. The maximum Gasteiger partial charge on any atom is 0.220 e. The minimum absolute atomic E-state index is 0.0280. The van der Waals surface area contributed by atoms with Gasteiger partial charge in [0.05, 0.1) is 5.75 Å². The van der Waals surface area contributed by atoms with Crippen LogP contribution in [0.25, 0.3) is 0 Å². The summed E-state index contributed by atoms with van der Waals surface area (Å²) in [4.78, 5) is 18.3. The first-order valence-corrected chi connectivity index (χ1v) is 11.3. The van der Waals surface area contributed by atoms with Crippen molar-refractivity contribution in [3.8, 4) is 0 Å². The normalized spacial score (nSPS) is 23.6. The Hall–Kier alpha value is -2.09. The highest BCUT2D eigenvalue weighted by atomic mass is 32.2. The highest BCUT2D eigenvalue weighted by Crippen LogP contribution is 2.35. The van der Waals surface area contributed by atoms with Crippen LogP contribution in [0.15, 0.2) is 29.3 Å². The number of sulfone groups is 1. The quantitative estimate of drug-likeness (QED) is 0.587. The van der Waals surface area contributed by atoms with E-state index in [0.717, 1.165) is 49.6 Å². The highest BCUT2D eigenvalue weighted by Gasteiger charge is 2.42. The molecule has 0 saturated carbocycles. The van der Waals surface area contributed by atoms with Crippen LogP contribution in [-0.2, 0) is 26.9 Å². The fourth-order valence-electron chi connectivity index (χ4n) is 4.00. The van der Waals surface area contributed by atoms with Crippen LogP contribution in [0.3, 0.4) is 0 Å². The van der Waals surface area contributed by atoms with E-state index >= 15 is 0 Å². The van der Waals surface area contributed by atoms with Gasteiger partial charge in [-0.05, 0) is 24.0 Å². The average molecular weight is 393 g/mol. The van der Waals surface area contributed by atoms with Gasteiger partial charge in [-0.25, -0.2) is 8.42 Å². The first-order chi connectivity index (χ1) is 12.8. The van der Waals surface area contributed by atoms with Gasteiger partial charge in [0.15, 0.2) is 15.8 Å². The summed E-state index contributed by atoms with van der Waals surface area (Å²) in [5.74, 6) is 1.05. The van der Waals surface area contributed by atoms with E-state index in [1.807, 2.05) is 24.3 Å². The Morgan fingerprint density at radius 2 is 2.00 bits per heavy atom. The molecular weight excluding hydrogens is 364 g/mol. The number of hydrogen-bond acceptors (Lipinski definition) is 4. The number of aliphatic imine (C=N–C) groups is 1. The Morgan fingerprint density at radius 3 is 2.59 bits per heavy atom. The predicted molar refractivity (Wildman–Crippen MR) is 106 cm³/mol. The van der Waals surface area contributed by atoms with Gasteiger partial charge in [-0.3, -0.25) is 9.79 Å². The number of nitrogens with one attached hydrogen (secondary N) is 2. The number of carbonyl (C=O) groups is 1. The van der Waals surface area contributed by atoms with Crippen LogP contribution in [-0.4, -0.2) is 58.1 Å². The van der Waals surface area contributed by atoms with Crippen LogP contribution in [0.1, 0.15) is 30.4 Å². The predicted octanol–water partition coefficient (Wildman–Crippen LogP) is 0.909. The molecule has 27 heavy (non-hydrogen) atoms. The molecule has 8 heteroatoms. The molecule has 1 amide bonds. The molecule has 2 aliphatic heterocycles. The maximum atomic E-state index is 11.7. The number of guanidine groups is 1. The lowest BCUT2D eigenvalue weighted by Gasteiger charge is -2.40. The van der Waals surface area contributed by atoms with Gasteiger partial charge in [-0.1, -0.05) is 24.3 Å². The van der Waals surface area contributed by atoms with Crippen molar-refractivity contribution in [3.63, 3.8) is 0 Å². The lowest BCUT2D eigenvalue weighted by molar-refractivity contribution is -0.119. The van der Waals surface area contributed by atoms with Crippen LogP contribution in [0.5, 0.6) is 0 Å². The van der Waals surface area contributed by atoms with Crippen LogP contribution in [0.4, 0.5) is 0 Å². The zero-order valence-corrected chi connectivity index (χ0v) is 16.8. The van der Waals surface area contributed by atoms with E-state index in [-0.39, 0.29) is 17.1 Å². The first-order valence-electron chi connectivity index (χ1n) is 9.26. The summed E-state index contributed by atoms with van der Waals surface area (Å²) < 4.78 is 22.8. The molecule has 2 fully saturated rings. The number of carbonyl (C=O) groups excluding carboxylic acids is 1. The lowest BCUT2D eigenvalue weighted by atomic mass is 9.79. The van der Waals surface area contributed by atoms with Crippen molar-refractivity contribution in [3.05, 3.63) is 35.4 Å². The van der Waals surface area contributed by atoms with E-state index in [4.69, 9.17) is 0 Å². The molecule has 3 rings (SSSR count). The summed E-state index contributed by atoms with van der Waals surface area (Å²) in [5, 5.41) is 6.36. The zero-order valence-electron chi connectivity index (χ0n) is 16.0. The molecule has 2 saturated heterocycles. The van der Waals surface area contributed by atoms with Gasteiger partial charge in [0.25, 0.3) is 0 Å². The minimum atomic E-state index is -3.02.